The zero-order valence-corrected chi connectivity index (χ0v) is 14.4. The third kappa shape index (κ3) is 5.24. The van der Waals surface area contributed by atoms with E-state index in [0.717, 1.165) is 11.1 Å². The van der Waals surface area contributed by atoms with Crippen LogP contribution in [0.4, 0.5) is 13.2 Å². The van der Waals surface area contributed by atoms with Crippen molar-refractivity contribution in [2.45, 2.75) is 19.5 Å². The molecule has 0 atom stereocenters. The molecule has 0 aliphatic carbocycles. The molecule has 0 heterocycles. The second kappa shape index (κ2) is 8.14. The number of halogens is 3. The van der Waals surface area contributed by atoms with Crippen molar-refractivity contribution < 1.29 is 22.6 Å². The van der Waals surface area contributed by atoms with Gasteiger partial charge >= 0.3 is 6.36 Å². The minimum atomic E-state index is -4.74. The van der Waals surface area contributed by atoms with Gasteiger partial charge < -0.3 is 15.2 Å². The number of hydrogen-bond donors (Lipinski definition) is 1. The van der Waals surface area contributed by atoms with Crippen molar-refractivity contribution in [1.82, 2.24) is 0 Å². The molecule has 3 rings (SSSR count). The molecular weight excluding hydrogens is 355 g/mol. The molecule has 140 valence electrons. The van der Waals surface area contributed by atoms with Crippen molar-refractivity contribution in [3.8, 4) is 22.6 Å². The van der Waals surface area contributed by atoms with Crippen molar-refractivity contribution in [1.29, 1.82) is 0 Å². The third-order valence-electron chi connectivity index (χ3n) is 3.90. The van der Waals surface area contributed by atoms with Crippen LogP contribution in [0.5, 0.6) is 11.5 Å². The molecule has 3 aromatic rings. The summed E-state index contributed by atoms with van der Waals surface area (Å²) in [7, 11) is 0. The number of alkyl halides is 3. The predicted octanol–water partition coefficient (Wildman–Crippen LogP) is 5.29. The standard InChI is InChI=1S/C21H18F3NO2/c22-21(23,24)27-18-8-4-7-17(12-18)19-10-9-16(13-25)11-20(19)26-14-15-5-2-1-3-6-15/h1-12H,13-14,25H2. The van der Waals surface area contributed by atoms with Crippen LogP contribution in [0, 0.1) is 0 Å². The van der Waals surface area contributed by atoms with Crippen LogP contribution in [-0.4, -0.2) is 6.36 Å². The lowest BCUT2D eigenvalue weighted by atomic mass is 10.0. The second-order valence-corrected chi connectivity index (χ2v) is 5.88. The molecule has 0 aromatic heterocycles. The van der Waals surface area contributed by atoms with Gasteiger partial charge in [0, 0.05) is 12.1 Å². The van der Waals surface area contributed by atoms with E-state index in [1.165, 1.54) is 18.2 Å². The number of hydrogen-bond acceptors (Lipinski definition) is 3. The van der Waals surface area contributed by atoms with E-state index in [0.29, 0.717) is 30.0 Å². The summed E-state index contributed by atoms with van der Waals surface area (Å²) in [6.45, 7) is 0.666. The van der Waals surface area contributed by atoms with E-state index in [1.807, 2.05) is 36.4 Å². The first kappa shape index (κ1) is 18.8. The first-order chi connectivity index (χ1) is 12.9. The molecule has 3 nitrogen and oxygen atoms in total. The molecule has 2 N–H and O–H groups in total. The molecule has 0 aliphatic rings. The normalized spacial score (nSPS) is 11.3. The van der Waals surface area contributed by atoms with E-state index in [4.69, 9.17) is 10.5 Å². The highest BCUT2D eigenvalue weighted by molar-refractivity contribution is 5.72. The Hall–Kier alpha value is -2.99. The Morgan fingerprint density at radius 2 is 1.59 bits per heavy atom. The lowest BCUT2D eigenvalue weighted by molar-refractivity contribution is -0.274. The van der Waals surface area contributed by atoms with Gasteiger partial charge in [-0.1, -0.05) is 54.6 Å². The molecule has 0 bridgehead atoms. The van der Waals surface area contributed by atoms with Crippen LogP contribution >= 0.6 is 0 Å². The van der Waals surface area contributed by atoms with E-state index in [9.17, 15) is 13.2 Å². The summed E-state index contributed by atoms with van der Waals surface area (Å²) in [5, 5.41) is 0. The monoisotopic (exact) mass is 373 g/mol. The summed E-state index contributed by atoms with van der Waals surface area (Å²) in [4.78, 5) is 0. The molecule has 0 amide bonds. The van der Waals surface area contributed by atoms with Crippen LogP contribution in [0.15, 0.2) is 72.8 Å². The van der Waals surface area contributed by atoms with Gasteiger partial charge in [0.15, 0.2) is 0 Å². The predicted molar refractivity (Wildman–Crippen MR) is 97.2 cm³/mol. The topological polar surface area (TPSA) is 44.5 Å². The number of benzene rings is 3. The molecule has 0 unspecified atom stereocenters. The Morgan fingerprint density at radius 1 is 0.815 bits per heavy atom. The first-order valence-corrected chi connectivity index (χ1v) is 8.30. The minimum absolute atomic E-state index is 0.281. The van der Waals surface area contributed by atoms with E-state index in [2.05, 4.69) is 4.74 Å². The number of nitrogens with two attached hydrogens (primary N) is 1. The summed E-state index contributed by atoms with van der Waals surface area (Å²) in [6, 6.07) is 20.8. The van der Waals surface area contributed by atoms with Gasteiger partial charge in [0.1, 0.15) is 18.1 Å². The Bertz CT molecular complexity index is 895. The maximum Gasteiger partial charge on any atom is 0.573 e. The molecule has 0 saturated heterocycles. The third-order valence-corrected chi connectivity index (χ3v) is 3.90. The number of ether oxygens (including phenoxy) is 2. The van der Waals surface area contributed by atoms with Gasteiger partial charge in [-0.05, 0) is 34.9 Å². The van der Waals surface area contributed by atoms with Crippen molar-refractivity contribution >= 4 is 0 Å². The Morgan fingerprint density at radius 3 is 2.30 bits per heavy atom. The highest BCUT2D eigenvalue weighted by atomic mass is 19.4. The van der Waals surface area contributed by atoms with Crippen molar-refractivity contribution in [2.75, 3.05) is 0 Å². The van der Waals surface area contributed by atoms with Gasteiger partial charge in [-0.15, -0.1) is 13.2 Å². The Kier molecular flexibility index (Phi) is 5.66. The van der Waals surface area contributed by atoms with E-state index >= 15 is 0 Å². The maximum atomic E-state index is 12.5. The van der Waals surface area contributed by atoms with Crippen LogP contribution < -0.4 is 15.2 Å². The highest BCUT2D eigenvalue weighted by Crippen LogP contribution is 2.34. The van der Waals surface area contributed by atoms with Crippen LogP contribution in [-0.2, 0) is 13.2 Å². The average Bonchev–Trinajstić information content (AvgIpc) is 2.66. The molecule has 6 heteroatoms. The molecule has 0 spiro atoms. The zero-order chi connectivity index (χ0) is 19.3. The van der Waals surface area contributed by atoms with Crippen molar-refractivity contribution in [2.24, 2.45) is 5.73 Å². The average molecular weight is 373 g/mol. The largest absolute Gasteiger partial charge is 0.573 e. The van der Waals surface area contributed by atoms with Crippen LogP contribution in [0.2, 0.25) is 0 Å². The Labute approximate surface area is 155 Å². The van der Waals surface area contributed by atoms with Gasteiger partial charge in [0.2, 0.25) is 0 Å². The summed E-state index contributed by atoms with van der Waals surface area (Å²) in [5.41, 5.74) is 8.78. The van der Waals surface area contributed by atoms with Gasteiger partial charge in [-0.25, -0.2) is 0 Å². The SMILES string of the molecule is NCc1ccc(-c2cccc(OC(F)(F)F)c2)c(OCc2ccccc2)c1. The molecule has 27 heavy (non-hydrogen) atoms. The first-order valence-electron chi connectivity index (χ1n) is 8.30. The fourth-order valence-electron chi connectivity index (χ4n) is 2.65. The summed E-state index contributed by atoms with van der Waals surface area (Å²) in [6.07, 6.45) is -4.74. The van der Waals surface area contributed by atoms with Crippen LogP contribution in [0.3, 0.4) is 0 Å². The summed E-state index contributed by atoms with van der Waals surface area (Å²) in [5.74, 6) is 0.267. The molecule has 0 fully saturated rings. The van der Waals surface area contributed by atoms with Gasteiger partial charge in [0.25, 0.3) is 0 Å². The van der Waals surface area contributed by atoms with Crippen LogP contribution in [0.25, 0.3) is 11.1 Å². The number of rotatable bonds is 6. The van der Waals surface area contributed by atoms with Crippen LogP contribution in [0.1, 0.15) is 11.1 Å². The van der Waals surface area contributed by atoms with E-state index in [1.54, 1.807) is 18.2 Å². The molecule has 0 saturated carbocycles. The van der Waals surface area contributed by atoms with E-state index in [-0.39, 0.29) is 5.75 Å². The molecule has 3 aromatic carbocycles. The lowest BCUT2D eigenvalue weighted by Gasteiger charge is -2.15. The lowest BCUT2D eigenvalue weighted by Crippen LogP contribution is -2.17. The van der Waals surface area contributed by atoms with Crippen molar-refractivity contribution in [3.05, 3.63) is 83.9 Å². The smallest absolute Gasteiger partial charge is 0.488 e. The van der Waals surface area contributed by atoms with Gasteiger partial charge in [-0.2, -0.15) is 0 Å². The quantitative estimate of drug-likeness (QED) is 0.639. The molecule has 0 aliphatic heterocycles. The molecule has 0 radical (unpaired) electrons. The summed E-state index contributed by atoms with van der Waals surface area (Å²) < 4.78 is 47.5. The zero-order valence-electron chi connectivity index (χ0n) is 14.4. The maximum absolute atomic E-state index is 12.5. The fourth-order valence-corrected chi connectivity index (χ4v) is 2.65. The second-order valence-electron chi connectivity index (χ2n) is 5.88. The summed E-state index contributed by atoms with van der Waals surface area (Å²) >= 11 is 0. The van der Waals surface area contributed by atoms with Crippen molar-refractivity contribution in [3.63, 3.8) is 0 Å². The minimum Gasteiger partial charge on any atom is -0.488 e. The van der Waals surface area contributed by atoms with E-state index < -0.39 is 6.36 Å². The fraction of sp³-hybridized carbons (Fsp3) is 0.143. The molecular formula is C21H18F3NO2. The Balaban J connectivity index is 1.91. The highest BCUT2D eigenvalue weighted by Gasteiger charge is 2.31. The van der Waals surface area contributed by atoms with Gasteiger partial charge in [-0.3, -0.25) is 0 Å². The van der Waals surface area contributed by atoms with Gasteiger partial charge in [0.05, 0.1) is 0 Å².